The Morgan fingerprint density at radius 2 is 1.39 bits per heavy atom. The van der Waals surface area contributed by atoms with Crippen molar-refractivity contribution >= 4 is 23.7 Å². The van der Waals surface area contributed by atoms with Gasteiger partial charge in [0.1, 0.15) is 0 Å². The number of ether oxygens (including phenoxy) is 3. The zero-order chi connectivity index (χ0) is 31.3. The van der Waals surface area contributed by atoms with Gasteiger partial charge in [0.25, 0.3) is 0 Å². The van der Waals surface area contributed by atoms with E-state index in [1.54, 1.807) is 21.3 Å². The number of benzene rings is 4. The number of methoxy groups -OCH3 is 3. The average Bonchev–Trinajstić information content (AvgIpc) is 3.52. The molecule has 4 aromatic carbocycles. The molecule has 0 saturated carbocycles. The number of allylic oxidation sites excluding steroid dienone is 4. The molecule has 0 aromatic heterocycles. The van der Waals surface area contributed by atoms with Crippen LogP contribution in [0.1, 0.15) is 43.9 Å². The van der Waals surface area contributed by atoms with Crippen molar-refractivity contribution in [2.75, 3.05) is 21.3 Å². The third kappa shape index (κ3) is 7.02. The van der Waals surface area contributed by atoms with Gasteiger partial charge >= 0.3 is 272 Å². The van der Waals surface area contributed by atoms with Crippen molar-refractivity contribution in [1.82, 2.24) is 0 Å². The summed E-state index contributed by atoms with van der Waals surface area (Å²) in [6.07, 6.45) is 5.58. The van der Waals surface area contributed by atoms with Crippen LogP contribution in [0.15, 0.2) is 113 Å². The van der Waals surface area contributed by atoms with Crippen molar-refractivity contribution in [3.05, 3.63) is 129 Å². The third-order valence-corrected chi connectivity index (χ3v) is 13.5. The first-order valence-electron chi connectivity index (χ1n) is 15.1. The van der Waals surface area contributed by atoms with E-state index in [4.69, 9.17) is 17.5 Å². The molecule has 6 heteroatoms. The van der Waals surface area contributed by atoms with Crippen LogP contribution in [0, 0.1) is 12.3 Å². The van der Waals surface area contributed by atoms with Crippen molar-refractivity contribution in [1.29, 1.82) is 0 Å². The molecule has 226 valence electrons. The number of aryl methyl sites for hydroxylation is 1. The summed E-state index contributed by atoms with van der Waals surface area (Å²) in [5.74, 6) is 3.00. The van der Waals surface area contributed by atoms with Gasteiger partial charge in [-0.15, -0.1) is 0 Å². The zero-order valence-electron chi connectivity index (χ0n) is 26.9. The molecule has 0 amide bonds. The molecule has 4 aromatic rings. The zero-order valence-corrected chi connectivity index (χ0v) is 29.8. The van der Waals surface area contributed by atoms with Crippen LogP contribution in [0.4, 0.5) is 0 Å². The fourth-order valence-corrected chi connectivity index (χ4v) is 12.1. The molecule has 0 saturated heterocycles. The van der Waals surface area contributed by atoms with Crippen molar-refractivity contribution in [2.24, 2.45) is 5.41 Å². The van der Waals surface area contributed by atoms with E-state index in [9.17, 15) is 0 Å². The molecule has 0 spiro atoms. The van der Waals surface area contributed by atoms with Crippen molar-refractivity contribution in [2.45, 2.75) is 34.1 Å². The standard InChI is InChI=1S/C16H20O4Si.C13H10.C9H13.Ti/c1-10-7-11(17)9-12(8-10)21-14-6-5-13(18-2)15(19-3)16(14)20-4;1-3-7-12(8-4-1)11-13-9-5-2-6-10-13;1-9(2,3)8-6-4-5-7-8;/h5-9,17H,21H2,1-4H3;1-10H;4,6H,5H2,1-3H3;/q;;;+1/p-1. The molecule has 4 nitrogen and oxygen atoms in total. The van der Waals surface area contributed by atoms with Gasteiger partial charge in [0.05, 0.1) is 0 Å². The maximum absolute atomic E-state index is 7.37. The Balaban J connectivity index is 1.67. The van der Waals surface area contributed by atoms with Crippen molar-refractivity contribution in [3.63, 3.8) is 0 Å². The summed E-state index contributed by atoms with van der Waals surface area (Å²) in [6, 6.07) is 32.4. The van der Waals surface area contributed by atoms with E-state index in [0.29, 0.717) is 11.5 Å². The molecular weight excluding hydrogens is 596 g/mol. The van der Waals surface area contributed by atoms with Gasteiger partial charge in [-0.05, 0) is 0 Å². The first-order chi connectivity index (χ1) is 21.2. The molecule has 5 rings (SSSR count). The van der Waals surface area contributed by atoms with E-state index < -0.39 is 27.3 Å². The van der Waals surface area contributed by atoms with E-state index in [1.807, 2.05) is 6.07 Å². The normalized spacial score (nSPS) is 13.0. The van der Waals surface area contributed by atoms with E-state index in [1.165, 1.54) is 35.1 Å². The van der Waals surface area contributed by atoms with Gasteiger partial charge in [-0.25, -0.2) is 0 Å². The van der Waals surface area contributed by atoms with Gasteiger partial charge in [-0.2, -0.15) is 0 Å². The first kappa shape index (κ1) is 31.8. The van der Waals surface area contributed by atoms with Gasteiger partial charge in [-0.1, -0.05) is 0 Å². The Morgan fingerprint density at radius 3 is 1.95 bits per heavy atom. The molecule has 0 N–H and O–H groups in total. The summed E-state index contributed by atoms with van der Waals surface area (Å²) >= 11 is -2.61. The Bertz CT molecular complexity index is 1680. The molecule has 0 atom stereocenters. The van der Waals surface area contributed by atoms with Crippen LogP contribution >= 0.6 is 0 Å². The van der Waals surface area contributed by atoms with Crippen LogP contribution in [0.5, 0.6) is 23.0 Å². The quantitative estimate of drug-likeness (QED) is 0.184. The summed E-state index contributed by atoms with van der Waals surface area (Å²) in [6.45, 7) is 9.09. The minimum absolute atomic E-state index is 0.0249. The van der Waals surface area contributed by atoms with Gasteiger partial charge in [-0.3, -0.25) is 0 Å². The van der Waals surface area contributed by atoms with Crippen LogP contribution in [-0.2, 0) is 17.8 Å². The van der Waals surface area contributed by atoms with Crippen LogP contribution in [0.3, 0.4) is 0 Å². The van der Waals surface area contributed by atoms with Gasteiger partial charge in [0.15, 0.2) is 0 Å². The summed E-state index contributed by atoms with van der Waals surface area (Å²) in [5.41, 5.74) is 5.10. The van der Waals surface area contributed by atoms with Crippen molar-refractivity contribution in [3.8, 4) is 23.0 Å². The molecule has 1 aliphatic rings. The molecule has 0 radical (unpaired) electrons. The predicted molar refractivity (Wildman–Crippen MR) is 182 cm³/mol. The predicted octanol–water partition coefficient (Wildman–Crippen LogP) is 6.58. The monoisotopic (exact) mass is 638 g/mol. The van der Waals surface area contributed by atoms with Gasteiger partial charge < -0.3 is 0 Å². The van der Waals surface area contributed by atoms with Crippen LogP contribution < -0.4 is 27.9 Å². The molecular formula is C38H42O4SiTi. The fourth-order valence-electron chi connectivity index (χ4n) is 5.95. The summed E-state index contributed by atoms with van der Waals surface area (Å²) in [7, 11) is 4.07. The topological polar surface area (TPSA) is 36.9 Å². The SMILES string of the molecule is COc1ccc([SiH2]c2cc(C)cc([O][Ti]([C]3=C(C(C)(C)C)C=CC3)=[C](c3ccccc3)c3ccccc3)c2)c(OC)c1OC. The molecule has 0 unspecified atom stereocenters. The number of hydrogen-bond acceptors (Lipinski definition) is 4. The number of hydrogen-bond donors (Lipinski definition) is 0. The van der Waals surface area contributed by atoms with Crippen LogP contribution in [0.2, 0.25) is 0 Å². The van der Waals surface area contributed by atoms with E-state index in [-0.39, 0.29) is 5.41 Å². The minimum atomic E-state index is -2.61. The first-order valence-corrected chi connectivity index (χ1v) is 18.7. The molecule has 44 heavy (non-hydrogen) atoms. The second-order valence-electron chi connectivity index (χ2n) is 12.1. The molecule has 0 aliphatic heterocycles. The van der Waals surface area contributed by atoms with Gasteiger partial charge in [0, 0.05) is 0 Å². The Kier molecular flexibility index (Phi) is 10.1. The molecule has 1 aliphatic carbocycles. The van der Waals surface area contributed by atoms with Gasteiger partial charge in [0.2, 0.25) is 0 Å². The van der Waals surface area contributed by atoms with E-state index in [0.717, 1.165) is 23.1 Å². The summed E-state index contributed by atoms with van der Waals surface area (Å²) < 4.78 is 27.2. The summed E-state index contributed by atoms with van der Waals surface area (Å²) in [4.78, 5) is 0. The van der Waals surface area contributed by atoms with E-state index >= 15 is 0 Å². The molecule has 0 fully saturated rings. The average molecular weight is 639 g/mol. The van der Waals surface area contributed by atoms with E-state index in [2.05, 4.69) is 125 Å². The third-order valence-electron chi connectivity index (χ3n) is 7.88. The Labute approximate surface area is 271 Å². The maximum atomic E-state index is 7.37. The number of rotatable bonds is 10. The fraction of sp³-hybridized carbons (Fsp3) is 0.237. The Morgan fingerprint density at radius 1 is 0.750 bits per heavy atom. The second kappa shape index (κ2) is 14.0. The molecule has 0 heterocycles. The second-order valence-corrected chi connectivity index (χ2v) is 17.1. The Hall–Kier alpha value is -3.64. The van der Waals surface area contributed by atoms with Crippen molar-refractivity contribution < 1.29 is 35.3 Å². The summed E-state index contributed by atoms with van der Waals surface area (Å²) in [5, 5.41) is 2.45. The molecule has 0 bridgehead atoms. The van der Waals surface area contributed by atoms with Crippen LogP contribution in [0.25, 0.3) is 0 Å². The van der Waals surface area contributed by atoms with Crippen LogP contribution in [-0.4, -0.2) is 34.7 Å².